The fraction of sp³-hybridized carbons (Fsp3) is 0.571. The van der Waals surface area contributed by atoms with Crippen molar-refractivity contribution < 1.29 is 14.6 Å². The van der Waals surface area contributed by atoms with Crippen molar-refractivity contribution in [1.82, 2.24) is 0 Å². The first-order valence-corrected chi connectivity index (χ1v) is 6.11. The normalized spacial score (nSPS) is 13.2. The average molecular weight is 253 g/mol. The Kier molecular flexibility index (Phi) is 4.99. The lowest BCUT2D eigenvalue weighted by Crippen LogP contribution is -2.23. The van der Waals surface area contributed by atoms with E-state index in [1.807, 2.05) is 39.0 Å². The van der Waals surface area contributed by atoms with Crippen LogP contribution in [0.4, 0.5) is 0 Å². The average Bonchev–Trinajstić information content (AvgIpc) is 2.27. The van der Waals surface area contributed by atoms with Crippen molar-refractivity contribution in [2.24, 2.45) is 5.73 Å². The molecule has 1 rings (SSSR count). The van der Waals surface area contributed by atoms with E-state index in [2.05, 4.69) is 0 Å². The highest BCUT2D eigenvalue weighted by molar-refractivity contribution is 5.44. The molecule has 1 unspecified atom stereocenters. The Balaban J connectivity index is 2.96. The number of benzene rings is 1. The van der Waals surface area contributed by atoms with Gasteiger partial charge >= 0.3 is 0 Å². The third-order valence-electron chi connectivity index (χ3n) is 2.47. The van der Waals surface area contributed by atoms with E-state index < -0.39 is 0 Å². The first-order valence-electron chi connectivity index (χ1n) is 6.11. The predicted molar refractivity (Wildman–Crippen MR) is 72.0 cm³/mol. The molecule has 0 fully saturated rings. The van der Waals surface area contributed by atoms with Crippen molar-refractivity contribution in [3.05, 3.63) is 23.8 Å². The summed E-state index contributed by atoms with van der Waals surface area (Å²) in [6.45, 7) is 6.03. The first kappa shape index (κ1) is 14.8. The molecule has 0 amide bonds. The second-order valence-electron chi connectivity index (χ2n) is 5.24. The Morgan fingerprint density at radius 2 is 1.94 bits per heavy atom. The van der Waals surface area contributed by atoms with Gasteiger partial charge in [0.2, 0.25) is 0 Å². The van der Waals surface area contributed by atoms with E-state index in [9.17, 15) is 0 Å². The van der Waals surface area contributed by atoms with Crippen molar-refractivity contribution in [1.29, 1.82) is 0 Å². The molecule has 1 aromatic carbocycles. The summed E-state index contributed by atoms with van der Waals surface area (Å²) in [5.74, 6) is 1.36. The number of rotatable bonds is 5. The lowest BCUT2D eigenvalue weighted by atomic mass is 10.0. The molecule has 18 heavy (non-hydrogen) atoms. The highest BCUT2D eigenvalue weighted by atomic mass is 16.5. The molecule has 0 spiro atoms. The predicted octanol–water partition coefficient (Wildman–Crippen LogP) is 2.25. The standard InChI is InChI=1S/C14H23NO3/c1-14(2,3)18-12-6-5-10(9-13(12)17-4)11(15)7-8-16/h5-6,9,11,16H,7-8,15H2,1-4H3. The minimum atomic E-state index is -0.276. The van der Waals surface area contributed by atoms with Crippen LogP contribution in [0.3, 0.4) is 0 Å². The maximum absolute atomic E-state index is 8.90. The van der Waals surface area contributed by atoms with Crippen LogP contribution in [-0.4, -0.2) is 24.4 Å². The van der Waals surface area contributed by atoms with Crippen LogP contribution in [0.2, 0.25) is 0 Å². The van der Waals surface area contributed by atoms with Crippen LogP contribution < -0.4 is 15.2 Å². The van der Waals surface area contributed by atoms with E-state index in [0.717, 1.165) is 5.56 Å². The van der Waals surface area contributed by atoms with Gasteiger partial charge in [-0.2, -0.15) is 0 Å². The summed E-state index contributed by atoms with van der Waals surface area (Å²) in [5.41, 5.74) is 6.61. The van der Waals surface area contributed by atoms with E-state index in [-0.39, 0.29) is 18.2 Å². The van der Waals surface area contributed by atoms with Crippen molar-refractivity contribution in [2.45, 2.75) is 38.8 Å². The summed E-state index contributed by atoms with van der Waals surface area (Å²) in [6.07, 6.45) is 0.530. The molecule has 0 aliphatic rings. The summed E-state index contributed by atoms with van der Waals surface area (Å²) in [7, 11) is 1.60. The molecule has 4 heteroatoms. The Morgan fingerprint density at radius 1 is 1.28 bits per heavy atom. The number of hydrogen-bond acceptors (Lipinski definition) is 4. The van der Waals surface area contributed by atoms with E-state index >= 15 is 0 Å². The number of methoxy groups -OCH3 is 1. The van der Waals surface area contributed by atoms with Gasteiger partial charge in [-0.15, -0.1) is 0 Å². The first-order chi connectivity index (χ1) is 8.37. The van der Waals surface area contributed by atoms with E-state index in [1.165, 1.54) is 0 Å². The van der Waals surface area contributed by atoms with E-state index in [4.69, 9.17) is 20.3 Å². The molecule has 0 aliphatic carbocycles. The topological polar surface area (TPSA) is 64.7 Å². The zero-order chi connectivity index (χ0) is 13.8. The van der Waals surface area contributed by atoms with Crippen LogP contribution in [0.15, 0.2) is 18.2 Å². The van der Waals surface area contributed by atoms with Crippen LogP contribution in [0.1, 0.15) is 38.8 Å². The summed E-state index contributed by atoms with van der Waals surface area (Å²) < 4.78 is 11.1. The van der Waals surface area contributed by atoms with Crippen molar-refractivity contribution in [3.63, 3.8) is 0 Å². The number of aliphatic hydroxyl groups excluding tert-OH is 1. The van der Waals surface area contributed by atoms with Crippen LogP contribution >= 0.6 is 0 Å². The summed E-state index contributed by atoms with van der Waals surface area (Å²) >= 11 is 0. The molecule has 3 N–H and O–H groups in total. The molecule has 102 valence electrons. The maximum atomic E-state index is 8.90. The van der Waals surface area contributed by atoms with Crippen LogP contribution in [0, 0.1) is 0 Å². The Bertz CT molecular complexity index is 385. The molecule has 4 nitrogen and oxygen atoms in total. The Hall–Kier alpha value is -1.26. The van der Waals surface area contributed by atoms with Gasteiger partial charge in [0.1, 0.15) is 5.60 Å². The summed E-state index contributed by atoms with van der Waals surface area (Å²) in [5, 5.41) is 8.90. The molecule has 1 aromatic rings. The number of nitrogens with two attached hydrogens (primary N) is 1. The van der Waals surface area contributed by atoms with Crippen molar-refractivity contribution in [2.75, 3.05) is 13.7 Å². The van der Waals surface area contributed by atoms with Crippen LogP contribution in [0.25, 0.3) is 0 Å². The smallest absolute Gasteiger partial charge is 0.161 e. The third kappa shape index (κ3) is 4.20. The highest BCUT2D eigenvalue weighted by Gasteiger charge is 2.16. The van der Waals surface area contributed by atoms with Crippen molar-refractivity contribution >= 4 is 0 Å². The number of hydrogen-bond donors (Lipinski definition) is 2. The molecule has 0 radical (unpaired) electrons. The molecule has 0 heterocycles. The van der Waals surface area contributed by atoms with Gasteiger partial charge in [-0.1, -0.05) is 6.07 Å². The second-order valence-corrected chi connectivity index (χ2v) is 5.24. The van der Waals surface area contributed by atoms with Gasteiger partial charge in [-0.05, 0) is 44.9 Å². The molecule has 0 saturated heterocycles. The fourth-order valence-electron chi connectivity index (χ4n) is 1.63. The highest BCUT2D eigenvalue weighted by Crippen LogP contribution is 2.32. The molecule has 0 saturated carbocycles. The van der Waals surface area contributed by atoms with Gasteiger partial charge < -0.3 is 20.3 Å². The molecule has 1 atom stereocenters. The number of aliphatic hydroxyl groups is 1. The molecule has 0 aromatic heterocycles. The Morgan fingerprint density at radius 3 is 2.44 bits per heavy atom. The van der Waals surface area contributed by atoms with Gasteiger partial charge in [0, 0.05) is 12.6 Å². The minimum absolute atomic E-state index is 0.0731. The van der Waals surface area contributed by atoms with Crippen LogP contribution in [0.5, 0.6) is 11.5 Å². The second kappa shape index (κ2) is 6.07. The summed E-state index contributed by atoms with van der Waals surface area (Å²) in [4.78, 5) is 0. The molecular formula is C14H23NO3. The largest absolute Gasteiger partial charge is 0.493 e. The van der Waals surface area contributed by atoms with E-state index in [1.54, 1.807) is 7.11 Å². The maximum Gasteiger partial charge on any atom is 0.161 e. The van der Waals surface area contributed by atoms with Gasteiger partial charge in [-0.25, -0.2) is 0 Å². The molecular weight excluding hydrogens is 230 g/mol. The lowest BCUT2D eigenvalue weighted by molar-refractivity contribution is 0.125. The lowest BCUT2D eigenvalue weighted by Gasteiger charge is -2.23. The van der Waals surface area contributed by atoms with Gasteiger partial charge in [-0.3, -0.25) is 0 Å². The van der Waals surface area contributed by atoms with Gasteiger partial charge in [0.05, 0.1) is 7.11 Å². The monoisotopic (exact) mass is 253 g/mol. The Labute approximate surface area is 109 Å². The number of ether oxygens (including phenoxy) is 2. The fourth-order valence-corrected chi connectivity index (χ4v) is 1.63. The SMILES string of the molecule is COc1cc(C(N)CCO)ccc1OC(C)(C)C. The van der Waals surface area contributed by atoms with Crippen LogP contribution in [-0.2, 0) is 0 Å². The van der Waals surface area contributed by atoms with Gasteiger partial charge in [0.15, 0.2) is 11.5 Å². The quantitative estimate of drug-likeness (QED) is 0.844. The molecule has 0 aliphatic heterocycles. The minimum Gasteiger partial charge on any atom is -0.493 e. The van der Waals surface area contributed by atoms with Gasteiger partial charge in [0.25, 0.3) is 0 Å². The zero-order valence-electron chi connectivity index (χ0n) is 11.6. The summed E-state index contributed by atoms with van der Waals surface area (Å²) in [6, 6.07) is 5.44. The zero-order valence-corrected chi connectivity index (χ0v) is 11.6. The van der Waals surface area contributed by atoms with E-state index in [0.29, 0.717) is 17.9 Å². The molecule has 0 bridgehead atoms. The van der Waals surface area contributed by atoms with Crippen molar-refractivity contribution in [3.8, 4) is 11.5 Å². The third-order valence-corrected chi connectivity index (χ3v) is 2.47.